The number of nitrogens with zero attached hydrogens (tertiary/aromatic N) is 2. The molecule has 1 N–H and O–H groups in total. The molecule has 16 heavy (non-hydrogen) atoms. The number of amides is 1. The summed E-state index contributed by atoms with van der Waals surface area (Å²) in [6, 6.07) is 0. The monoisotopic (exact) mass is 239 g/mol. The summed E-state index contributed by atoms with van der Waals surface area (Å²) in [5.74, 6) is 0.00722. The van der Waals surface area contributed by atoms with Crippen molar-refractivity contribution in [1.82, 2.24) is 9.80 Å². The summed E-state index contributed by atoms with van der Waals surface area (Å²) >= 11 is 0. The van der Waals surface area contributed by atoms with Crippen LogP contribution < -0.4 is 0 Å². The molecule has 4 nitrogen and oxygen atoms in total. The predicted octanol–water partition coefficient (Wildman–Crippen LogP) is 1.29. The fraction of sp³-hybridized carbons (Fsp3) is 0.545. The Morgan fingerprint density at radius 1 is 1.56 bits per heavy atom. The lowest BCUT2D eigenvalue weighted by Gasteiger charge is -2.38. The first-order chi connectivity index (χ1) is 7.74. The molecule has 1 amide bonds. The highest BCUT2D eigenvalue weighted by Crippen LogP contribution is 2.22. The number of hydrogen-bond acceptors (Lipinski definition) is 3. The largest absolute Gasteiger partial charge is 0.309 e. The van der Waals surface area contributed by atoms with Gasteiger partial charge >= 0.3 is 0 Å². The van der Waals surface area contributed by atoms with E-state index in [1.165, 1.54) is 18.9 Å². The van der Waals surface area contributed by atoms with Crippen molar-refractivity contribution in [2.75, 3.05) is 19.6 Å². The van der Waals surface area contributed by atoms with E-state index in [-0.39, 0.29) is 11.4 Å². The van der Waals surface area contributed by atoms with Gasteiger partial charge in [0.2, 0.25) is 5.91 Å². The van der Waals surface area contributed by atoms with Crippen LogP contribution in [0.25, 0.3) is 0 Å². The van der Waals surface area contributed by atoms with E-state index in [0.29, 0.717) is 6.54 Å². The molecule has 0 radical (unpaired) electrons. The molecule has 0 aromatic carbocycles. The van der Waals surface area contributed by atoms with Gasteiger partial charge in [-0.15, -0.1) is 6.58 Å². The molecule has 1 saturated heterocycles. The van der Waals surface area contributed by atoms with Crippen molar-refractivity contribution in [3.8, 4) is 0 Å². The summed E-state index contributed by atoms with van der Waals surface area (Å²) in [7, 11) is -0.617. The van der Waals surface area contributed by atoms with Crippen LogP contribution in [0.15, 0.2) is 24.1 Å². The molecule has 2 rings (SSSR count). The van der Waals surface area contributed by atoms with Gasteiger partial charge in [-0.2, -0.15) is 0 Å². The van der Waals surface area contributed by atoms with Gasteiger partial charge in [0.25, 0.3) is 0 Å². The lowest BCUT2D eigenvalue weighted by Crippen LogP contribution is -2.53. The van der Waals surface area contributed by atoms with Crippen LogP contribution >= 0.6 is 0 Å². The van der Waals surface area contributed by atoms with Gasteiger partial charge in [0.05, 0.1) is 0 Å². The van der Waals surface area contributed by atoms with E-state index in [4.69, 9.17) is 4.78 Å². The molecule has 0 saturated carbocycles. The van der Waals surface area contributed by atoms with Crippen molar-refractivity contribution < 1.29 is 4.79 Å². The average Bonchev–Trinajstić information content (AvgIpc) is 2.77. The summed E-state index contributed by atoms with van der Waals surface area (Å²) in [4.78, 5) is 15.8. The molecule has 2 atom stereocenters. The van der Waals surface area contributed by atoms with Crippen LogP contribution in [0.1, 0.15) is 12.8 Å². The molecule has 0 aromatic heterocycles. The van der Waals surface area contributed by atoms with Crippen LogP contribution in [0, 0.1) is 4.78 Å². The molecule has 5 heteroatoms. The highest BCUT2D eigenvalue weighted by Gasteiger charge is 2.33. The van der Waals surface area contributed by atoms with Crippen molar-refractivity contribution in [1.29, 1.82) is 4.78 Å². The number of rotatable bonds is 3. The highest BCUT2D eigenvalue weighted by atomic mass is 32.2. The normalized spacial score (nSPS) is 31.0. The Bertz CT molecular complexity index is 347. The van der Waals surface area contributed by atoms with Crippen LogP contribution in [-0.4, -0.2) is 40.8 Å². The summed E-state index contributed by atoms with van der Waals surface area (Å²) in [5, 5.41) is 1.73. The van der Waals surface area contributed by atoms with Crippen molar-refractivity contribution >= 4 is 16.6 Å². The standard InChI is InChI=1S/C11H17N3OS/c1-2-6-14-10(15)5-9-16(12)11(14)13-7-3-4-8-13/h2,5,9,11-12H,1,3-4,6-8H2. The van der Waals surface area contributed by atoms with Gasteiger partial charge < -0.3 is 4.90 Å². The predicted molar refractivity (Wildman–Crippen MR) is 65.7 cm³/mol. The first-order valence-electron chi connectivity index (χ1n) is 5.51. The Balaban J connectivity index is 2.22. The number of carbonyl (C=O) groups is 1. The zero-order valence-corrected chi connectivity index (χ0v) is 10.1. The van der Waals surface area contributed by atoms with E-state index in [9.17, 15) is 4.79 Å². The van der Waals surface area contributed by atoms with Crippen molar-refractivity contribution in [3.05, 3.63) is 24.1 Å². The third-order valence-corrected chi connectivity index (χ3v) is 4.35. The fourth-order valence-electron chi connectivity index (χ4n) is 2.18. The van der Waals surface area contributed by atoms with Gasteiger partial charge in [-0.3, -0.25) is 14.5 Å². The van der Waals surface area contributed by atoms with Crippen LogP contribution in [0.4, 0.5) is 0 Å². The molecule has 0 aromatic rings. The fourth-order valence-corrected chi connectivity index (χ4v) is 3.58. The lowest BCUT2D eigenvalue weighted by molar-refractivity contribution is -0.128. The SMILES string of the molecule is C=CCN1C(=O)C=CS(=N)C1N1CCCC1. The molecule has 2 aliphatic heterocycles. The second-order valence-corrected chi connectivity index (χ2v) is 5.46. The van der Waals surface area contributed by atoms with E-state index in [2.05, 4.69) is 11.5 Å². The first-order valence-corrected chi connectivity index (χ1v) is 6.86. The third kappa shape index (κ3) is 2.10. The smallest absolute Gasteiger partial charge is 0.249 e. The summed E-state index contributed by atoms with van der Waals surface area (Å²) < 4.78 is 8.06. The second kappa shape index (κ2) is 4.93. The van der Waals surface area contributed by atoms with Gasteiger partial charge in [0.1, 0.15) is 5.50 Å². The Morgan fingerprint density at radius 3 is 2.88 bits per heavy atom. The number of carbonyl (C=O) groups excluding carboxylic acids is 1. The van der Waals surface area contributed by atoms with Crippen LogP contribution in [-0.2, 0) is 15.5 Å². The van der Waals surface area contributed by atoms with Crippen molar-refractivity contribution in [2.24, 2.45) is 0 Å². The molecule has 2 unspecified atom stereocenters. The summed E-state index contributed by atoms with van der Waals surface area (Å²) in [5.41, 5.74) is -0.0713. The average molecular weight is 239 g/mol. The Kier molecular flexibility index (Phi) is 3.56. The van der Waals surface area contributed by atoms with Crippen LogP contribution in [0.3, 0.4) is 0 Å². The molecule has 0 aliphatic carbocycles. The molecular weight excluding hydrogens is 222 g/mol. The van der Waals surface area contributed by atoms with Gasteiger partial charge in [0.15, 0.2) is 0 Å². The Morgan fingerprint density at radius 2 is 2.25 bits per heavy atom. The number of nitrogens with one attached hydrogen (secondary N) is 1. The van der Waals surface area contributed by atoms with E-state index in [0.717, 1.165) is 13.1 Å². The molecular formula is C11H17N3OS. The first kappa shape index (κ1) is 11.5. The minimum atomic E-state index is -0.617. The van der Waals surface area contributed by atoms with Gasteiger partial charge in [-0.25, -0.2) is 0 Å². The second-order valence-electron chi connectivity index (χ2n) is 4.02. The van der Waals surface area contributed by atoms with Crippen LogP contribution in [0.5, 0.6) is 0 Å². The maximum absolute atomic E-state index is 11.8. The molecule has 1 fully saturated rings. The summed E-state index contributed by atoms with van der Waals surface area (Å²) in [6.45, 7) is 6.22. The minimum Gasteiger partial charge on any atom is -0.309 e. The zero-order valence-electron chi connectivity index (χ0n) is 9.26. The Labute approximate surface area is 98.5 Å². The minimum absolute atomic E-state index is 0.00722. The van der Waals surface area contributed by atoms with E-state index in [1.807, 2.05) is 0 Å². The van der Waals surface area contributed by atoms with E-state index < -0.39 is 10.7 Å². The van der Waals surface area contributed by atoms with E-state index in [1.54, 1.807) is 16.4 Å². The molecule has 2 aliphatic rings. The zero-order chi connectivity index (χ0) is 11.5. The molecule has 0 spiro atoms. The lowest BCUT2D eigenvalue weighted by atomic mass is 10.4. The number of likely N-dealkylation sites (tertiary alicyclic amines) is 1. The van der Waals surface area contributed by atoms with Crippen molar-refractivity contribution in [3.63, 3.8) is 0 Å². The maximum Gasteiger partial charge on any atom is 0.249 e. The molecule has 0 bridgehead atoms. The highest BCUT2D eigenvalue weighted by molar-refractivity contribution is 7.89. The van der Waals surface area contributed by atoms with Gasteiger partial charge in [-0.05, 0) is 28.9 Å². The number of hydrogen-bond donors (Lipinski definition) is 1. The maximum atomic E-state index is 11.8. The molecule has 88 valence electrons. The third-order valence-electron chi connectivity index (χ3n) is 2.91. The van der Waals surface area contributed by atoms with Crippen LogP contribution in [0.2, 0.25) is 0 Å². The van der Waals surface area contributed by atoms with Gasteiger partial charge in [0, 0.05) is 25.7 Å². The van der Waals surface area contributed by atoms with Crippen molar-refractivity contribution in [2.45, 2.75) is 18.3 Å². The summed E-state index contributed by atoms with van der Waals surface area (Å²) in [6.07, 6.45) is 5.60. The Hall–Kier alpha value is -0.940. The topological polar surface area (TPSA) is 47.4 Å². The molecule has 2 heterocycles. The van der Waals surface area contributed by atoms with E-state index >= 15 is 0 Å². The van der Waals surface area contributed by atoms with Gasteiger partial charge in [-0.1, -0.05) is 6.08 Å². The quantitative estimate of drug-likeness (QED) is 0.754.